The second-order valence-electron chi connectivity index (χ2n) is 12.3. The molecule has 1 atom stereocenters. The van der Waals surface area contributed by atoms with Crippen molar-refractivity contribution in [2.45, 2.75) is 95.4 Å². The van der Waals surface area contributed by atoms with E-state index in [-0.39, 0.29) is 17.5 Å². The molecule has 3 heteroatoms. The zero-order chi connectivity index (χ0) is 33.4. The molecule has 0 spiro atoms. The first-order chi connectivity index (χ1) is 20.6. The fraction of sp³-hybridized carbons (Fsp3) is 0.366. The molecule has 0 N–H and O–H groups in total. The molecule has 1 aliphatic carbocycles. The van der Waals surface area contributed by atoms with Crippen LogP contribution >= 0.6 is 0 Å². The molecule has 1 aliphatic rings. The standard InChI is InChI=1S/C9H11F.2C8H9F.C8H14.C8H10/c1-6-4-7(2)8(3)9(10)5-6;2*1-6-3-4-7(2)8(9)5-6;2*1-7-3-5-8(2)6-4-7/h4-5H,1-3H3;2*3-5H,1-2H3;3,8H,4-6H2,1-2H3;3-6H,1-2H3. The van der Waals surface area contributed by atoms with Crippen LogP contribution in [-0.2, 0) is 0 Å². The Kier molecular flexibility index (Phi) is 17.2. The van der Waals surface area contributed by atoms with E-state index in [4.69, 9.17) is 0 Å². The molecular weight excluding hydrogens is 549 g/mol. The van der Waals surface area contributed by atoms with Crippen LogP contribution in [0.4, 0.5) is 13.2 Å². The van der Waals surface area contributed by atoms with Gasteiger partial charge in [-0.15, -0.1) is 0 Å². The summed E-state index contributed by atoms with van der Waals surface area (Å²) in [6.07, 6.45) is 6.42. The van der Waals surface area contributed by atoms with Gasteiger partial charge in [0.15, 0.2) is 0 Å². The van der Waals surface area contributed by atoms with Crippen LogP contribution in [0.1, 0.15) is 83.2 Å². The van der Waals surface area contributed by atoms with E-state index in [1.165, 1.54) is 42.5 Å². The smallest absolute Gasteiger partial charge is 0.126 e. The molecule has 238 valence electrons. The van der Waals surface area contributed by atoms with Gasteiger partial charge in [-0.3, -0.25) is 0 Å². The fourth-order valence-corrected chi connectivity index (χ4v) is 4.12. The molecule has 0 fully saturated rings. The van der Waals surface area contributed by atoms with Gasteiger partial charge < -0.3 is 0 Å². The van der Waals surface area contributed by atoms with Gasteiger partial charge in [0.2, 0.25) is 0 Å². The lowest BCUT2D eigenvalue weighted by atomic mass is 9.92. The third-order valence-electron chi connectivity index (χ3n) is 7.52. The molecule has 1 unspecified atom stereocenters. The normalized spacial score (nSPS) is 13.3. The van der Waals surface area contributed by atoms with Gasteiger partial charge in [-0.1, -0.05) is 84.3 Å². The number of aryl methyl sites for hydroxylation is 8. The van der Waals surface area contributed by atoms with Crippen molar-refractivity contribution in [2.75, 3.05) is 0 Å². The Morgan fingerprint density at radius 3 is 1.20 bits per heavy atom. The molecule has 44 heavy (non-hydrogen) atoms. The maximum atomic E-state index is 12.8. The molecule has 0 aromatic heterocycles. The molecule has 4 aromatic rings. The lowest BCUT2D eigenvalue weighted by molar-refractivity contribution is 0.514. The number of benzene rings is 4. The fourth-order valence-electron chi connectivity index (χ4n) is 4.12. The van der Waals surface area contributed by atoms with E-state index in [0.29, 0.717) is 11.1 Å². The lowest BCUT2D eigenvalue weighted by Crippen LogP contribution is -1.98. The van der Waals surface area contributed by atoms with Gasteiger partial charge >= 0.3 is 0 Å². The monoisotopic (exact) mass is 602 g/mol. The van der Waals surface area contributed by atoms with Gasteiger partial charge in [-0.25, -0.2) is 13.2 Å². The predicted octanol–water partition coefficient (Wildman–Crippen LogP) is 12.7. The van der Waals surface area contributed by atoms with Gasteiger partial charge in [-0.2, -0.15) is 0 Å². The summed E-state index contributed by atoms with van der Waals surface area (Å²) in [5, 5.41) is 0. The molecule has 0 saturated heterocycles. The average Bonchev–Trinajstić information content (AvgIpc) is 2.96. The summed E-state index contributed by atoms with van der Waals surface area (Å²) in [7, 11) is 0. The van der Waals surface area contributed by atoms with Crippen LogP contribution in [0.15, 0.2) is 84.4 Å². The first-order valence-corrected chi connectivity index (χ1v) is 15.5. The van der Waals surface area contributed by atoms with Crippen molar-refractivity contribution in [3.05, 3.63) is 152 Å². The summed E-state index contributed by atoms with van der Waals surface area (Å²) in [4.78, 5) is 0. The molecule has 0 nitrogen and oxygen atoms in total. The molecular formula is C41H53F3. The van der Waals surface area contributed by atoms with E-state index < -0.39 is 0 Å². The Bertz CT molecular complexity index is 1370. The largest absolute Gasteiger partial charge is 0.207 e. The van der Waals surface area contributed by atoms with E-state index in [0.717, 1.165) is 33.7 Å². The summed E-state index contributed by atoms with van der Waals surface area (Å²) >= 11 is 0. The van der Waals surface area contributed by atoms with E-state index in [9.17, 15) is 13.2 Å². The van der Waals surface area contributed by atoms with Crippen LogP contribution in [0, 0.1) is 85.7 Å². The minimum Gasteiger partial charge on any atom is -0.207 e. The number of rotatable bonds is 0. The summed E-state index contributed by atoms with van der Waals surface area (Å²) in [6, 6.07) is 22.5. The van der Waals surface area contributed by atoms with E-state index >= 15 is 0 Å². The maximum Gasteiger partial charge on any atom is 0.126 e. The van der Waals surface area contributed by atoms with E-state index in [2.05, 4.69) is 58.0 Å². The highest BCUT2D eigenvalue weighted by atomic mass is 19.1. The lowest BCUT2D eigenvalue weighted by Gasteiger charge is -2.14. The predicted molar refractivity (Wildman–Crippen MR) is 185 cm³/mol. The Morgan fingerprint density at radius 1 is 0.477 bits per heavy atom. The summed E-state index contributed by atoms with van der Waals surface area (Å²) in [5.41, 5.74) is 10.4. The van der Waals surface area contributed by atoms with Crippen molar-refractivity contribution in [3.8, 4) is 0 Å². The number of allylic oxidation sites excluding steroid dienone is 2. The Labute approximate surface area is 266 Å². The highest BCUT2D eigenvalue weighted by Gasteiger charge is 2.05. The zero-order valence-electron chi connectivity index (χ0n) is 28.8. The quantitative estimate of drug-likeness (QED) is 0.176. The number of halogens is 3. The molecule has 5 rings (SSSR count). The highest BCUT2D eigenvalue weighted by Crippen LogP contribution is 2.21. The van der Waals surface area contributed by atoms with Crippen molar-refractivity contribution in [1.82, 2.24) is 0 Å². The van der Waals surface area contributed by atoms with Crippen molar-refractivity contribution in [2.24, 2.45) is 5.92 Å². The number of hydrogen-bond donors (Lipinski definition) is 0. The van der Waals surface area contributed by atoms with Gasteiger partial charge in [0.25, 0.3) is 0 Å². The van der Waals surface area contributed by atoms with E-state index in [1.807, 2.05) is 45.9 Å². The van der Waals surface area contributed by atoms with Crippen molar-refractivity contribution in [3.63, 3.8) is 0 Å². The molecule has 0 bridgehead atoms. The highest BCUT2D eigenvalue weighted by molar-refractivity contribution is 5.30. The van der Waals surface area contributed by atoms with E-state index in [1.54, 1.807) is 44.5 Å². The molecule has 0 radical (unpaired) electrons. The topological polar surface area (TPSA) is 0 Å². The number of hydrogen-bond acceptors (Lipinski definition) is 0. The van der Waals surface area contributed by atoms with Crippen molar-refractivity contribution < 1.29 is 13.2 Å². The van der Waals surface area contributed by atoms with Crippen LogP contribution in [0.25, 0.3) is 0 Å². The maximum absolute atomic E-state index is 12.8. The molecule has 0 saturated carbocycles. The minimum atomic E-state index is -0.116. The molecule has 4 aromatic carbocycles. The SMILES string of the molecule is CC1=CCC(C)CC1.Cc1cc(C)c(C)c(F)c1.Cc1ccc(C)c(F)c1.Cc1ccc(C)c(F)c1.Cc1ccc(C)cc1. The van der Waals surface area contributed by atoms with Gasteiger partial charge in [-0.05, 0) is 152 Å². The summed E-state index contributed by atoms with van der Waals surface area (Å²) < 4.78 is 38.0. The third-order valence-corrected chi connectivity index (χ3v) is 7.52. The van der Waals surface area contributed by atoms with Gasteiger partial charge in [0.05, 0.1) is 0 Å². The second kappa shape index (κ2) is 19.6. The van der Waals surface area contributed by atoms with Gasteiger partial charge in [0, 0.05) is 0 Å². The molecule has 0 heterocycles. The van der Waals surface area contributed by atoms with Crippen LogP contribution in [0.2, 0.25) is 0 Å². The van der Waals surface area contributed by atoms with Crippen LogP contribution in [0.3, 0.4) is 0 Å². The Balaban J connectivity index is 0.000000276. The van der Waals surface area contributed by atoms with Crippen molar-refractivity contribution in [1.29, 1.82) is 0 Å². The minimum absolute atomic E-state index is 0.0995. The van der Waals surface area contributed by atoms with Crippen LogP contribution in [-0.4, -0.2) is 0 Å². The first kappa shape index (κ1) is 38.4. The summed E-state index contributed by atoms with van der Waals surface area (Å²) in [6.45, 7) is 21.6. The molecule has 0 amide bonds. The first-order valence-electron chi connectivity index (χ1n) is 15.5. The summed E-state index contributed by atoms with van der Waals surface area (Å²) in [5.74, 6) is 0.612. The van der Waals surface area contributed by atoms with Crippen LogP contribution in [0.5, 0.6) is 0 Å². The second-order valence-corrected chi connectivity index (χ2v) is 12.3. The molecule has 0 aliphatic heterocycles. The van der Waals surface area contributed by atoms with Gasteiger partial charge in [0.1, 0.15) is 17.5 Å². The zero-order valence-corrected chi connectivity index (χ0v) is 28.8. The van der Waals surface area contributed by atoms with Crippen LogP contribution < -0.4 is 0 Å². The average molecular weight is 603 g/mol. The third kappa shape index (κ3) is 15.8. The Hall–Kier alpha value is -3.59. The Morgan fingerprint density at radius 2 is 0.886 bits per heavy atom. The van der Waals surface area contributed by atoms with Crippen molar-refractivity contribution >= 4 is 0 Å².